The molecule has 2 rings (SSSR count). The van der Waals surface area contributed by atoms with Crippen LogP contribution in [0, 0.1) is 0 Å². The Morgan fingerprint density at radius 1 is 0.773 bits per heavy atom. The molecule has 0 heterocycles. The van der Waals surface area contributed by atoms with Gasteiger partial charge in [0.05, 0.1) is 13.2 Å². The van der Waals surface area contributed by atoms with Crippen LogP contribution in [0.5, 0.6) is 23.0 Å². The highest BCUT2D eigenvalue weighted by Crippen LogP contribution is 2.27. The summed E-state index contributed by atoms with van der Waals surface area (Å²) in [6.07, 6.45) is 3.75. The van der Waals surface area contributed by atoms with Crippen molar-refractivity contribution >= 4 is 12.2 Å². The van der Waals surface area contributed by atoms with Crippen molar-refractivity contribution in [3.05, 3.63) is 47.5 Å². The molecule has 0 saturated carbocycles. The van der Waals surface area contributed by atoms with Crippen LogP contribution in [0.25, 0.3) is 12.2 Å². The number of rotatable bonds is 6. The van der Waals surface area contributed by atoms with Crippen molar-refractivity contribution in [2.45, 2.75) is 13.8 Å². The molecule has 0 aliphatic rings. The van der Waals surface area contributed by atoms with Crippen LogP contribution in [-0.2, 0) is 0 Å². The van der Waals surface area contributed by atoms with Crippen molar-refractivity contribution in [1.29, 1.82) is 0 Å². The number of phenolic OH excluding ortho intramolecular Hbond substituents is 2. The molecule has 0 radical (unpaired) electrons. The van der Waals surface area contributed by atoms with E-state index in [-0.39, 0.29) is 11.5 Å². The van der Waals surface area contributed by atoms with Crippen LogP contribution in [0.4, 0.5) is 0 Å². The Balaban J connectivity index is 2.26. The summed E-state index contributed by atoms with van der Waals surface area (Å²) in [4.78, 5) is 0. The van der Waals surface area contributed by atoms with E-state index >= 15 is 0 Å². The highest BCUT2D eigenvalue weighted by Gasteiger charge is 2.02. The molecular formula is C18H20O4. The normalized spacial score (nSPS) is 10.8. The van der Waals surface area contributed by atoms with E-state index in [1.165, 1.54) is 12.1 Å². The third kappa shape index (κ3) is 4.19. The van der Waals surface area contributed by atoms with E-state index in [4.69, 9.17) is 9.47 Å². The maximum atomic E-state index is 9.50. The fraction of sp³-hybridized carbons (Fsp3) is 0.222. The molecule has 0 atom stereocenters. The number of hydrogen-bond donors (Lipinski definition) is 2. The summed E-state index contributed by atoms with van der Waals surface area (Å²) in [6, 6.07) is 10.4. The predicted octanol–water partition coefficient (Wildman–Crippen LogP) is 4.07. The monoisotopic (exact) mass is 300 g/mol. The Labute approximate surface area is 130 Å². The van der Waals surface area contributed by atoms with Gasteiger partial charge in [0.2, 0.25) is 0 Å². The molecule has 0 fully saturated rings. The van der Waals surface area contributed by atoms with Gasteiger partial charge in [-0.15, -0.1) is 0 Å². The van der Waals surface area contributed by atoms with Gasteiger partial charge in [-0.2, -0.15) is 0 Å². The summed E-state index contributed by atoms with van der Waals surface area (Å²) >= 11 is 0. The number of phenols is 2. The van der Waals surface area contributed by atoms with Crippen molar-refractivity contribution in [3.8, 4) is 23.0 Å². The average Bonchev–Trinajstić information content (AvgIpc) is 2.49. The molecule has 4 nitrogen and oxygen atoms in total. The minimum atomic E-state index is -0.139. The summed E-state index contributed by atoms with van der Waals surface area (Å²) < 4.78 is 11.1. The van der Waals surface area contributed by atoms with Crippen LogP contribution in [0.1, 0.15) is 25.0 Å². The van der Waals surface area contributed by atoms with Gasteiger partial charge in [-0.1, -0.05) is 18.2 Å². The molecule has 0 aromatic heterocycles. The Hall–Kier alpha value is -2.62. The van der Waals surface area contributed by atoms with Crippen molar-refractivity contribution < 1.29 is 19.7 Å². The van der Waals surface area contributed by atoms with E-state index in [1.54, 1.807) is 6.07 Å². The Morgan fingerprint density at radius 2 is 1.36 bits per heavy atom. The predicted molar refractivity (Wildman–Crippen MR) is 87.5 cm³/mol. The number of benzene rings is 2. The summed E-state index contributed by atoms with van der Waals surface area (Å²) in [6.45, 7) is 5.04. The van der Waals surface area contributed by atoms with Gasteiger partial charge in [0, 0.05) is 6.07 Å². The van der Waals surface area contributed by atoms with Crippen molar-refractivity contribution in [2.24, 2.45) is 0 Å². The topological polar surface area (TPSA) is 58.9 Å². The zero-order chi connectivity index (χ0) is 15.9. The molecule has 0 saturated heterocycles. The minimum absolute atomic E-state index is 0.130. The maximum absolute atomic E-state index is 9.50. The first-order chi connectivity index (χ1) is 10.6. The molecule has 0 spiro atoms. The highest BCUT2D eigenvalue weighted by atomic mass is 16.5. The van der Waals surface area contributed by atoms with Crippen molar-refractivity contribution in [3.63, 3.8) is 0 Å². The molecule has 0 aliphatic carbocycles. The third-order valence-corrected chi connectivity index (χ3v) is 2.99. The van der Waals surface area contributed by atoms with Crippen LogP contribution in [0.2, 0.25) is 0 Å². The second kappa shape index (κ2) is 7.41. The molecule has 2 aromatic rings. The molecular weight excluding hydrogens is 280 g/mol. The first kappa shape index (κ1) is 15.8. The quantitative estimate of drug-likeness (QED) is 0.624. The van der Waals surface area contributed by atoms with Gasteiger partial charge in [0.1, 0.15) is 11.5 Å². The van der Waals surface area contributed by atoms with Gasteiger partial charge in [0.15, 0.2) is 11.5 Å². The second-order valence-corrected chi connectivity index (χ2v) is 4.69. The van der Waals surface area contributed by atoms with Crippen molar-refractivity contribution in [1.82, 2.24) is 0 Å². The van der Waals surface area contributed by atoms with E-state index in [1.807, 2.05) is 44.2 Å². The van der Waals surface area contributed by atoms with Gasteiger partial charge < -0.3 is 19.7 Å². The van der Waals surface area contributed by atoms with Gasteiger partial charge in [-0.3, -0.25) is 0 Å². The van der Waals surface area contributed by atoms with Crippen LogP contribution in [0.3, 0.4) is 0 Å². The molecule has 0 aliphatic heterocycles. The fourth-order valence-corrected chi connectivity index (χ4v) is 2.03. The zero-order valence-electron chi connectivity index (χ0n) is 12.7. The molecule has 0 amide bonds. The fourth-order valence-electron chi connectivity index (χ4n) is 2.03. The Kier molecular flexibility index (Phi) is 5.31. The van der Waals surface area contributed by atoms with Gasteiger partial charge in [-0.05, 0) is 49.2 Å². The molecule has 2 aromatic carbocycles. The van der Waals surface area contributed by atoms with E-state index in [2.05, 4.69) is 0 Å². The largest absolute Gasteiger partial charge is 0.504 e. The molecule has 2 N–H and O–H groups in total. The highest BCUT2D eigenvalue weighted by molar-refractivity contribution is 5.72. The van der Waals surface area contributed by atoms with E-state index in [9.17, 15) is 10.2 Å². The van der Waals surface area contributed by atoms with Crippen LogP contribution in [-0.4, -0.2) is 23.4 Å². The standard InChI is InChI=1S/C18H20O4/c1-3-21-15-9-14(10-16(12-15)22-4-2)6-5-13-7-8-17(19)18(20)11-13/h5-12,19-20H,3-4H2,1-2H3/b6-5+. The van der Waals surface area contributed by atoms with Gasteiger partial charge in [-0.25, -0.2) is 0 Å². The first-order valence-corrected chi connectivity index (χ1v) is 7.23. The summed E-state index contributed by atoms with van der Waals surface area (Å²) in [7, 11) is 0. The van der Waals surface area contributed by atoms with Crippen LogP contribution in [0.15, 0.2) is 36.4 Å². The second-order valence-electron chi connectivity index (χ2n) is 4.69. The van der Waals surface area contributed by atoms with Crippen molar-refractivity contribution in [2.75, 3.05) is 13.2 Å². The van der Waals surface area contributed by atoms with E-state index in [0.717, 1.165) is 22.6 Å². The summed E-state index contributed by atoms with van der Waals surface area (Å²) in [5.41, 5.74) is 1.72. The van der Waals surface area contributed by atoms with E-state index < -0.39 is 0 Å². The summed E-state index contributed by atoms with van der Waals surface area (Å²) in [5.74, 6) is 1.23. The maximum Gasteiger partial charge on any atom is 0.157 e. The lowest BCUT2D eigenvalue weighted by Crippen LogP contribution is -1.95. The lowest BCUT2D eigenvalue weighted by molar-refractivity contribution is 0.323. The van der Waals surface area contributed by atoms with Crippen LogP contribution >= 0.6 is 0 Å². The molecule has 0 unspecified atom stereocenters. The molecule has 22 heavy (non-hydrogen) atoms. The number of ether oxygens (including phenoxy) is 2. The molecule has 0 bridgehead atoms. The third-order valence-electron chi connectivity index (χ3n) is 2.99. The first-order valence-electron chi connectivity index (χ1n) is 7.23. The summed E-state index contributed by atoms with van der Waals surface area (Å²) in [5, 5.41) is 18.8. The molecule has 4 heteroatoms. The smallest absolute Gasteiger partial charge is 0.157 e. The number of hydrogen-bond acceptors (Lipinski definition) is 4. The van der Waals surface area contributed by atoms with Gasteiger partial charge in [0.25, 0.3) is 0 Å². The Morgan fingerprint density at radius 3 is 1.91 bits per heavy atom. The SMILES string of the molecule is CCOc1cc(/C=C/c2ccc(O)c(O)c2)cc(OCC)c1. The average molecular weight is 300 g/mol. The minimum Gasteiger partial charge on any atom is -0.504 e. The zero-order valence-corrected chi connectivity index (χ0v) is 12.7. The lowest BCUT2D eigenvalue weighted by atomic mass is 10.1. The molecule has 116 valence electrons. The lowest BCUT2D eigenvalue weighted by Gasteiger charge is -2.09. The van der Waals surface area contributed by atoms with E-state index in [0.29, 0.717) is 13.2 Å². The van der Waals surface area contributed by atoms with Crippen LogP contribution < -0.4 is 9.47 Å². The Bertz CT molecular complexity index is 638. The van der Waals surface area contributed by atoms with Gasteiger partial charge >= 0.3 is 0 Å². The number of aromatic hydroxyl groups is 2.